The van der Waals surface area contributed by atoms with Crippen LogP contribution >= 0.6 is 0 Å². The molecule has 0 fully saturated rings. The van der Waals surface area contributed by atoms with Crippen LogP contribution in [0.25, 0.3) is 5.57 Å². The quantitative estimate of drug-likeness (QED) is 0.651. The molecule has 2 aromatic heterocycles. The maximum atomic E-state index is 12.2. The zero-order valence-corrected chi connectivity index (χ0v) is 14.3. The Morgan fingerprint density at radius 2 is 2.19 bits per heavy atom. The zero-order chi connectivity index (χ0) is 18.5. The average molecular weight is 354 g/mol. The normalized spacial score (nSPS) is 13.9. The van der Waals surface area contributed by atoms with Gasteiger partial charge < -0.3 is 14.5 Å². The highest BCUT2D eigenvalue weighted by Crippen LogP contribution is 2.22. The lowest BCUT2D eigenvalue weighted by Crippen LogP contribution is -2.17. The van der Waals surface area contributed by atoms with Crippen LogP contribution in [0.4, 0.5) is 5.69 Å². The molecule has 0 aliphatic heterocycles. The second-order valence-electron chi connectivity index (χ2n) is 5.70. The van der Waals surface area contributed by atoms with E-state index in [1.807, 2.05) is 0 Å². The van der Waals surface area contributed by atoms with Crippen molar-refractivity contribution in [1.29, 1.82) is 0 Å². The van der Waals surface area contributed by atoms with Gasteiger partial charge >= 0.3 is 11.6 Å². The summed E-state index contributed by atoms with van der Waals surface area (Å²) < 4.78 is 10.3. The molecule has 0 spiro atoms. The van der Waals surface area contributed by atoms with Gasteiger partial charge in [-0.3, -0.25) is 9.78 Å². The van der Waals surface area contributed by atoms with E-state index in [2.05, 4.69) is 10.3 Å². The molecule has 0 saturated heterocycles. The van der Waals surface area contributed by atoms with Crippen LogP contribution in [0, 0.1) is 0 Å². The van der Waals surface area contributed by atoms with Crippen molar-refractivity contribution in [1.82, 2.24) is 4.98 Å². The lowest BCUT2D eigenvalue weighted by Gasteiger charge is -2.13. The van der Waals surface area contributed by atoms with Gasteiger partial charge in [0.05, 0.1) is 17.9 Å². The molecule has 26 heavy (non-hydrogen) atoms. The largest absolute Gasteiger partial charge is 0.462 e. The maximum absolute atomic E-state index is 12.2. The number of rotatable bonds is 5. The van der Waals surface area contributed by atoms with Gasteiger partial charge in [-0.25, -0.2) is 9.59 Å². The highest BCUT2D eigenvalue weighted by atomic mass is 16.5. The van der Waals surface area contributed by atoms with Crippen LogP contribution in [0.1, 0.15) is 41.6 Å². The molecule has 0 unspecified atom stereocenters. The minimum absolute atomic E-state index is 0.0580. The summed E-state index contributed by atoms with van der Waals surface area (Å²) in [6, 6.07) is 6.59. The van der Waals surface area contributed by atoms with Crippen molar-refractivity contribution >= 4 is 23.0 Å². The molecule has 0 amide bonds. The molecule has 0 atom stereocenters. The fourth-order valence-electron chi connectivity index (χ4n) is 2.69. The van der Waals surface area contributed by atoms with Gasteiger partial charge in [0.1, 0.15) is 17.0 Å². The fraction of sp³-hybridized carbons (Fsp3) is 0.263. The molecular formula is C19H18N2O5. The van der Waals surface area contributed by atoms with Gasteiger partial charge in [-0.05, 0) is 31.5 Å². The number of Topliss-reactive ketones (excluding diaryl/α,β-unsaturated/α-hetero) is 1. The van der Waals surface area contributed by atoms with E-state index in [1.54, 1.807) is 31.3 Å². The van der Waals surface area contributed by atoms with Crippen molar-refractivity contribution in [3.8, 4) is 0 Å². The zero-order valence-electron chi connectivity index (χ0n) is 14.3. The molecule has 134 valence electrons. The van der Waals surface area contributed by atoms with E-state index < -0.39 is 11.6 Å². The molecule has 0 radical (unpaired) electrons. The van der Waals surface area contributed by atoms with Gasteiger partial charge in [0, 0.05) is 25.2 Å². The predicted octanol–water partition coefficient (Wildman–Crippen LogP) is 2.57. The lowest BCUT2D eigenvalue weighted by molar-refractivity contribution is -0.136. The highest BCUT2D eigenvalue weighted by Gasteiger charge is 2.22. The third-order valence-corrected chi connectivity index (χ3v) is 3.94. The van der Waals surface area contributed by atoms with E-state index in [0.717, 1.165) is 0 Å². The molecule has 0 saturated carbocycles. The summed E-state index contributed by atoms with van der Waals surface area (Å²) in [5.41, 5.74) is 0.450. The smallest absolute Gasteiger partial charge is 0.359 e. The van der Waals surface area contributed by atoms with E-state index in [-0.39, 0.29) is 23.7 Å². The Bertz CT molecular complexity index is 915. The minimum atomic E-state index is -0.598. The molecule has 1 aliphatic carbocycles. The first-order valence-electron chi connectivity index (χ1n) is 8.35. The van der Waals surface area contributed by atoms with Gasteiger partial charge in [-0.1, -0.05) is 6.07 Å². The van der Waals surface area contributed by atoms with E-state index in [4.69, 9.17) is 9.15 Å². The number of pyridine rings is 1. The second kappa shape index (κ2) is 7.77. The number of esters is 1. The first kappa shape index (κ1) is 17.6. The molecule has 2 heterocycles. The van der Waals surface area contributed by atoms with Gasteiger partial charge in [0.2, 0.25) is 0 Å². The second-order valence-corrected chi connectivity index (χ2v) is 5.70. The topological polar surface area (TPSA) is 98.5 Å². The van der Waals surface area contributed by atoms with Crippen molar-refractivity contribution in [2.24, 2.45) is 0 Å². The minimum Gasteiger partial charge on any atom is -0.462 e. The monoisotopic (exact) mass is 354 g/mol. The third-order valence-electron chi connectivity index (χ3n) is 3.94. The van der Waals surface area contributed by atoms with E-state index in [1.165, 1.54) is 12.3 Å². The maximum Gasteiger partial charge on any atom is 0.359 e. The summed E-state index contributed by atoms with van der Waals surface area (Å²) in [5, 5.41) is 2.76. The Kier molecular flexibility index (Phi) is 5.26. The van der Waals surface area contributed by atoms with Gasteiger partial charge in [0.25, 0.3) is 0 Å². The van der Waals surface area contributed by atoms with Crippen LogP contribution in [-0.2, 0) is 16.0 Å². The van der Waals surface area contributed by atoms with E-state index >= 15 is 0 Å². The molecule has 3 rings (SSSR count). The van der Waals surface area contributed by atoms with Gasteiger partial charge in [-0.2, -0.15) is 0 Å². The Hall–Kier alpha value is -3.22. The molecule has 2 aromatic rings. The molecular weight excluding hydrogens is 336 g/mol. The summed E-state index contributed by atoms with van der Waals surface area (Å²) in [7, 11) is 0. The molecule has 1 aliphatic rings. The summed E-state index contributed by atoms with van der Waals surface area (Å²) in [6.45, 7) is 1.91. The van der Waals surface area contributed by atoms with Crippen LogP contribution in [-0.4, -0.2) is 23.3 Å². The molecule has 7 nitrogen and oxygen atoms in total. The summed E-state index contributed by atoms with van der Waals surface area (Å²) in [5.74, 6) is -0.217. The number of carbonyl (C=O) groups is 2. The summed E-state index contributed by atoms with van der Waals surface area (Å²) >= 11 is 0. The van der Waals surface area contributed by atoms with Crippen LogP contribution in [0.15, 0.2) is 45.9 Å². The number of ether oxygens (including phenoxy) is 1. The Labute approximate surface area is 149 Å². The van der Waals surface area contributed by atoms with Crippen LogP contribution < -0.4 is 10.9 Å². The van der Waals surface area contributed by atoms with Crippen molar-refractivity contribution < 1.29 is 18.7 Å². The number of nitrogens with one attached hydrogen (secondary N) is 1. The number of nitrogens with zero attached hydrogens (tertiary/aromatic N) is 1. The number of ketones is 1. The number of aromatic nitrogens is 1. The summed E-state index contributed by atoms with van der Waals surface area (Å²) in [6.07, 6.45) is 4.56. The van der Waals surface area contributed by atoms with Crippen LogP contribution in [0.5, 0.6) is 0 Å². The summed E-state index contributed by atoms with van der Waals surface area (Å²) in [4.78, 5) is 40.5. The van der Waals surface area contributed by atoms with Gasteiger partial charge in [0.15, 0.2) is 5.78 Å². The number of fused-ring (bicyclic) bond motifs is 1. The van der Waals surface area contributed by atoms with E-state index in [0.29, 0.717) is 36.3 Å². The SMILES string of the molecule is CCOC(=O)/C(=C/Nc1cc2c(oc1=O)CCCC2=O)c1ccccn1. The van der Waals surface area contributed by atoms with Crippen LogP contribution in [0.3, 0.4) is 0 Å². The van der Waals surface area contributed by atoms with Crippen molar-refractivity contribution in [2.75, 3.05) is 11.9 Å². The standard InChI is InChI=1S/C19H18N2O5/c1-2-25-18(23)13(14-6-3-4-9-20-14)11-21-15-10-12-16(22)7-5-8-17(12)26-19(15)24/h3-4,6,9-11,21H,2,5,7-8H2,1H3/b13-11+. The molecule has 0 bridgehead atoms. The van der Waals surface area contributed by atoms with Gasteiger partial charge in [-0.15, -0.1) is 0 Å². The lowest BCUT2D eigenvalue weighted by atomic mass is 9.96. The van der Waals surface area contributed by atoms with E-state index in [9.17, 15) is 14.4 Å². The number of hydrogen-bond acceptors (Lipinski definition) is 7. The third kappa shape index (κ3) is 3.72. The molecule has 1 N–H and O–H groups in total. The van der Waals surface area contributed by atoms with Crippen molar-refractivity contribution in [2.45, 2.75) is 26.2 Å². The average Bonchev–Trinajstić information content (AvgIpc) is 2.64. The Morgan fingerprint density at radius 3 is 2.92 bits per heavy atom. The highest BCUT2D eigenvalue weighted by molar-refractivity contribution is 6.16. The fourth-order valence-corrected chi connectivity index (χ4v) is 2.69. The van der Waals surface area contributed by atoms with Crippen LogP contribution in [0.2, 0.25) is 0 Å². The van der Waals surface area contributed by atoms with Crippen molar-refractivity contribution in [3.63, 3.8) is 0 Å². The Balaban J connectivity index is 1.95. The number of hydrogen-bond donors (Lipinski definition) is 1. The molecule has 7 heteroatoms. The first-order chi connectivity index (χ1) is 12.6. The van der Waals surface area contributed by atoms with Crippen molar-refractivity contribution in [3.05, 3.63) is 64.1 Å². The Morgan fingerprint density at radius 1 is 1.35 bits per heavy atom. The number of anilines is 1. The number of carbonyl (C=O) groups excluding carboxylic acids is 2. The number of aryl methyl sites for hydroxylation is 1. The predicted molar refractivity (Wildman–Crippen MR) is 94.7 cm³/mol. The molecule has 0 aromatic carbocycles. The first-order valence-corrected chi connectivity index (χ1v) is 8.35.